The van der Waals surface area contributed by atoms with Crippen molar-refractivity contribution in [2.45, 2.75) is 32.7 Å². The van der Waals surface area contributed by atoms with Gasteiger partial charge in [-0.25, -0.2) is 0 Å². The van der Waals surface area contributed by atoms with Crippen LogP contribution in [0.1, 0.15) is 44.1 Å². The van der Waals surface area contributed by atoms with Crippen LogP contribution in [0.15, 0.2) is 52.7 Å². The Kier molecular flexibility index (Phi) is 5.64. The van der Waals surface area contributed by atoms with Crippen LogP contribution < -0.4 is 4.74 Å². The third kappa shape index (κ3) is 3.60. The van der Waals surface area contributed by atoms with Crippen LogP contribution in [0, 0.1) is 0 Å². The van der Waals surface area contributed by atoms with E-state index in [2.05, 4.69) is 0 Å². The highest BCUT2D eigenvalue weighted by Gasteiger charge is 2.46. The Morgan fingerprint density at radius 2 is 1.89 bits per heavy atom. The van der Waals surface area contributed by atoms with Crippen LogP contribution in [0.3, 0.4) is 0 Å². The van der Waals surface area contributed by atoms with Gasteiger partial charge in [-0.1, -0.05) is 13.8 Å². The lowest BCUT2D eigenvalue weighted by atomic mass is 9.99. The summed E-state index contributed by atoms with van der Waals surface area (Å²) in [6.07, 6.45) is 3.07. The molecule has 1 aromatic carbocycles. The van der Waals surface area contributed by atoms with Crippen molar-refractivity contribution in [3.63, 3.8) is 0 Å². The van der Waals surface area contributed by atoms with E-state index in [1.54, 1.807) is 36.4 Å². The van der Waals surface area contributed by atoms with E-state index in [-0.39, 0.29) is 11.3 Å². The van der Waals surface area contributed by atoms with Crippen molar-refractivity contribution >= 4 is 17.4 Å². The SMILES string of the molecule is CCCOc1ccc(/C(O)=C2/C(=O)C(=O)N(CCC)C2c2ccco2)cc1. The number of aliphatic hydroxyl groups excluding tert-OH is 1. The number of hydrogen-bond donors (Lipinski definition) is 1. The number of aliphatic hydroxyl groups is 1. The monoisotopic (exact) mass is 369 g/mol. The van der Waals surface area contributed by atoms with Gasteiger partial charge in [0.2, 0.25) is 0 Å². The normalized spacial score (nSPS) is 18.9. The maximum atomic E-state index is 12.6. The van der Waals surface area contributed by atoms with Gasteiger partial charge in [0.1, 0.15) is 23.3 Å². The molecular weight excluding hydrogens is 346 g/mol. The number of likely N-dealkylation sites (tertiary alicyclic amines) is 1. The number of amides is 1. The van der Waals surface area contributed by atoms with Crippen molar-refractivity contribution in [2.24, 2.45) is 0 Å². The molecule has 0 bridgehead atoms. The van der Waals surface area contributed by atoms with E-state index in [9.17, 15) is 14.7 Å². The third-order valence-electron chi connectivity index (χ3n) is 4.42. The summed E-state index contributed by atoms with van der Waals surface area (Å²) in [6, 6.07) is 9.48. The second kappa shape index (κ2) is 8.12. The molecule has 1 aliphatic heterocycles. The first-order valence-electron chi connectivity index (χ1n) is 9.13. The van der Waals surface area contributed by atoms with E-state index < -0.39 is 17.7 Å². The fraction of sp³-hybridized carbons (Fsp3) is 0.333. The minimum atomic E-state index is -0.726. The Hall–Kier alpha value is -3.02. The highest BCUT2D eigenvalue weighted by Crippen LogP contribution is 2.39. The fourth-order valence-electron chi connectivity index (χ4n) is 3.18. The molecule has 1 N–H and O–H groups in total. The number of furan rings is 1. The third-order valence-corrected chi connectivity index (χ3v) is 4.42. The number of ether oxygens (including phenoxy) is 1. The first-order chi connectivity index (χ1) is 13.1. The molecule has 0 spiro atoms. The molecule has 2 aromatic rings. The minimum Gasteiger partial charge on any atom is -0.507 e. The summed E-state index contributed by atoms with van der Waals surface area (Å²) < 4.78 is 11.0. The van der Waals surface area contributed by atoms with Gasteiger partial charge in [-0.15, -0.1) is 0 Å². The number of carbonyl (C=O) groups is 2. The van der Waals surface area contributed by atoms with Crippen LogP contribution in [0.5, 0.6) is 5.75 Å². The number of carbonyl (C=O) groups excluding carboxylic acids is 2. The van der Waals surface area contributed by atoms with Crippen LogP contribution in [0.25, 0.3) is 5.76 Å². The van der Waals surface area contributed by atoms with E-state index >= 15 is 0 Å². The van der Waals surface area contributed by atoms with Crippen molar-refractivity contribution in [2.75, 3.05) is 13.2 Å². The topological polar surface area (TPSA) is 80.0 Å². The highest BCUT2D eigenvalue weighted by molar-refractivity contribution is 6.46. The van der Waals surface area contributed by atoms with Crippen LogP contribution in [-0.4, -0.2) is 34.8 Å². The molecule has 0 aliphatic carbocycles. The maximum Gasteiger partial charge on any atom is 0.295 e. The van der Waals surface area contributed by atoms with Crippen LogP contribution >= 0.6 is 0 Å². The Labute approximate surface area is 158 Å². The van der Waals surface area contributed by atoms with Gasteiger partial charge in [-0.2, -0.15) is 0 Å². The number of nitrogens with zero attached hydrogens (tertiary/aromatic N) is 1. The van der Waals surface area contributed by atoms with E-state index in [1.807, 2.05) is 13.8 Å². The average Bonchev–Trinajstić information content (AvgIpc) is 3.29. The van der Waals surface area contributed by atoms with Crippen molar-refractivity contribution in [3.8, 4) is 5.75 Å². The predicted octanol–water partition coefficient (Wildman–Crippen LogP) is 3.90. The number of hydrogen-bond acceptors (Lipinski definition) is 5. The Morgan fingerprint density at radius 3 is 2.48 bits per heavy atom. The smallest absolute Gasteiger partial charge is 0.295 e. The lowest BCUT2D eigenvalue weighted by Gasteiger charge is -2.22. The van der Waals surface area contributed by atoms with Gasteiger partial charge in [-0.3, -0.25) is 9.59 Å². The van der Waals surface area contributed by atoms with Crippen molar-refractivity contribution in [3.05, 3.63) is 59.6 Å². The van der Waals surface area contributed by atoms with Crippen LogP contribution in [0.2, 0.25) is 0 Å². The molecule has 0 saturated carbocycles. The van der Waals surface area contributed by atoms with Crippen molar-refractivity contribution in [1.82, 2.24) is 4.90 Å². The average molecular weight is 369 g/mol. The summed E-state index contributed by atoms with van der Waals surface area (Å²) in [5, 5.41) is 10.8. The zero-order valence-electron chi connectivity index (χ0n) is 15.5. The number of rotatable bonds is 7. The zero-order chi connectivity index (χ0) is 19.4. The standard InChI is InChI=1S/C21H23NO5/c1-3-11-22-18(16-6-5-13-27-16)17(20(24)21(22)25)19(23)14-7-9-15(10-8-14)26-12-4-2/h5-10,13,18,23H,3-4,11-12H2,1-2H3/b19-17-. The van der Waals surface area contributed by atoms with Gasteiger partial charge < -0.3 is 19.2 Å². The molecule has 2 heterocycles. The lowest BCUT2D eigenvalue weighted by molar-refractivity contribution is -0.140. The molecule has 6 heteroatoms. The molecule has 142 valence electrons. The Morgan fingerprint density at radius 1 is 1.15 bits per heavy atom. The van der Waals surface area contributed by atoms with Gasteiger partial charge in [0.25, 0.3) is 11.7 Å². The second-order valence-corrected chi connectivity index (χ2v) is 6.38. The molecule has 1 atom stereocenters. The molecule has 0 radical (unpaired) electrons. The number of ketones is 1. The van der Waals surface area contributed by atoms with Gasteiger partial charge in [-0.05, 0) is 49.2 Å². The molecule has 27 heavy (non-hydrogen) atoms. The molecule has 3 rings (SSSR count). The summed E-state index contributed by atoms with van der Waals surface area (Å²) >= 11 is 0. The van der Waals surface area contributed by atoms with Gasteiger partial charge in [0.05, 0.1) is 18.4 Å². The number of Topliss-reactive ketones (excluding diaryl/α,β-unsaturated/α-hetero) is 1. The molecule has 1 saturated heterocycles. The Bertz CT molecular complexity index is 836. The molecule has 1 aromatic heterocycles. The molecule has 1 amide bonds. The highest BCUT2D eigenvalue weighted by atomic mass is 16.5. The van der Waals surface area contributed by atoms with Gasteiger partial charge >= 0.3 is 0 Å². The number of benzene rings is 1. The summed E-state index contributed by atoms with van der Waals surface area (Å²) in [5.41, 5.74) is 0.496. The van der Waals surface area contributed by atoms with Gasteiger partial charge in [0, 0.05) is 12.1 Å². The second-order valence-electron chi connectivity index (χ2n) is 6.38. The predicted molar refractivity (Wildman–Crippen MR) is 100 cm³/mol. The minimum absolute atomic E-state index is 0.0469. The zero-order valence-corrected chi connectivity index (χ0v) is 15.5. The lowest BCUT2D eigenvalue weighted by Crippen LogP contribution is -2.30. The summed E-state index contributed by atoms with van der Waals surface area (Å²) in [5.74, 6) is -0.402. The fourth-order valence-corrected chi connectivity index (χ4v) is 3.18. The molecule has 6 nitrogen and oxygen atoms in total. The van der Waals surface area contributed by atoms with Gasteiger partial charge in [0.15, 0.2) is 0 Å². The first-order valence-corrected chi connectivity index (χ1v) is 9.13. The largest absolute Gasteiger partial charge is 0.507 e. The summed E-state index contributed by atoms with van der Waals surface area (Å²) in [7, 11) is 0. The van der Waals surface area contributed by atoms with E-state index in [0.717, 1.165) is 6.42 Å². The molecule has 1 unspecified atom stereocenters. The van der Waals surface area contributed by atoms with Crippen LogP contribution in [0.4, 0.5) is 0 Å². The van der Waals surface area contributed by atoms with Crippen molar-refractivity contribution in [1.29, 1.82) is 0 Å². The van der Waals surface area contributed by atoms with E-state index in [1.165, 1.54) is 11.2 Å². The molecular formula is C21H23NO5. The first kappa shape index (κ1) is 18.8. The molecule has 1 aliphatic rings. The summed E-state index contributed by atoms with van der Waals surface area (Å²) in [6.45, 7) is 4.94. The van der Waals surface area contributed by atoms with E-state index in [0.29, 0.717) is 36.6 Å². The van der Waals surface area contributed by atoms with Crippen molar-refractivity contribution < 1.29 is 23.8 Å². The maximum absolute atomic E-state index is 12.6. The van der Waals surface area contributed by atoms with E-state index in [4.69, 9.17) is 9.15 Å². The van der Waals surface area contributed by atoms with Crippen LogP contribution in [-0.2, 0) is 9.59 Å². The Balaban J connectivity index is 2.02. The quantitative estimate of drug-likeness (QED) is 0.455. The molecule has 1 fully saturated rings. The summed E-state index contributed by atoms with van der Waals surface area (Å²) in [4.78, 5) is 26.6.